The van der Waals surface area contributed by atoms with E-state index in [2.05, 4.69) is 21.2 Å². The maximum absolute atomic E-state index is 13.8. The highest BCUT2D eigenvalue weighted by Gasteiger charge is 2.27. The molecule has 2 amide bonds. The van der Waals surface area contributed by atoms with Crippen molar-refractivity contribution in [2.45, 2.75) is 13.0 Å². The molecular formula is C28H30BrN5O3. The third kappa shape index (κ3) is 6.00. The van der Waals surface area contributed by atoms with Gasteiger partial charge in [0.05, 0.1) is 29.7 Å². The quantitative estimate of drug-likeness (QED) is 0.314. The molecule has 0 saturated heterocycles. The molecule has 9 heteroatoms. The average molecular weight is 564 g/mol. The Hall–Kier alpha value is -3.69. The van der Waals surface area contributed by atoms with Gasteiger partial charge in [-0.1, -0.05) is 28.1 Å². The molecule has 0 aliphatic carbocycles. The summed E-state index contributed by atoms with van der Waals surface area (Å²) in [5.74, 6) is 1.15. The van der Waals surface area contributed by atoms with E-state index < -0.39 is 6.04 Å². The molecule has 0 aliphatic rings. The van der Waals surface area contributed by atoms with Crippen LogP contribution in [0.2, 0.25) is 0 Å². The van der Waals surface area contributed by atoms with Crippen LogP contribution in [0.5, 0.6) is 5.75 Å². The van der Waals surface area contributed by atoms with Crippen LogP contribution in [0.4, 0.5) is 10.5 Å². The van der Waals surface area contributed by atoms with Crippen LogP contribution in [-0.4, -0.2) is 59.7 Å². The van der Waals surface area contributed by atoms with Crippen molar-refractivity contribution in [2.24, 2.45) is 0 Å². The average Bonchev–Trinajstić information content (AvgIpc) is 2.90. The monoisotopic (exact) mass is 563 g/mol. The van der Waals surface area contributed by atoms with Gasteiger partial charge in [0, 0.05) is 23.2 Å². The summed E-state index contributed by atoms with van der Waals surface area (Å²) < 4.78 is 7.81. The standard InChI is InChI=1S/C28H30BrN5O3/c1-19(33(18-17-32(2)3)28(36)30-21-11-9-20(29)10-12-21)26-31-25-8-6-5-7-24(25)27(35)34(26)22-13-15-23(37-4)16-14-22/h5-16,19H,17-18H2,1-4H3,(H,30,36). The van der Waals surface area contributed by atoms with Gasteiger partial charge in [0.15, 0.2) is 0 Å². The van der Waals surface area contributed by atoms with Gasteiger partial charge in [0.1, 0.15) is 11.6 Å². The second-order valence-electron chi connectivity index (χ2n) is 8.94. The lowest BCUT2D eigenvalue weighted by Gasteiger charge is -2.31. The van der Waals surface area contributed by atoms with E-state index in [0.717, 1.165) is 4.47 Å². The van der Waals surface area contributed by atoms with E-state index in [4.69, 9.17) is 9.72 Å². The fourth-order valence-electron chi connectivity index (χ4n) is 4.06. The Morgan fingerprint density at radius 1 is 1.03 bits per heavy atom. The van der Waals surface area contributed by atoms with Gasteiger partial charge < -0.3 is 19.9 Å². The van der Waals surface area contributed by atoms with E-state index in [9.17, 15) is 9.59 Å². The number of nitrogens with zero attached hydrogens (tertiary/aromatic N) is 4. The number of anilines is 1. The van der Waals surface area contributed by atoms with Crippen molar-refractivity contribution in [1.29, 1.82) is 0 Å². The molecule has 4 aromatic rings. The predicted octanol–water partition coefficient (Wildman–Crippen LogP) is 5.31. The third-order valence-electron chi connectivity index (χ3n) is 6.12. The zero-order chi connectivity index (χ0) is 26.5. The summed E-state index contributed by atoms with van der Waals surface area (Å²) in [5, 5.41) is 3.49. The van der Waals surface area contributed by atoms with Crippen LogP contribution < -0.4 is 15.6 Å². The third-order valence-corrected chi connectivity index (χ3v) is 6.65. The van der Waals surface area contributed by atoms with Gasteiger partial charge in [-0.25, -0.2) is 9.78 Å². The molecule has 1 N–H and O–H groups in total. The van der Waals surface area contributed by atoms with Crippen LogP contribution >= 0.6 is 15.9 Å². The molecular weight excluding hydrogens is 534 g/mol. The number of urea groups is 1. The lowest BCUT2D eigenvalue weighted by molar-refractivity contribution is 0.181. The Morgan fingerprint density at radius 2 is 1.70 bits per heavy atom. The zero-order valence-electron chi connectivity index (χ0n) is 21.3. The van der Waals surface area contributed by atoms with Gasteiger partial charge in [0.25, 0.3) is 5.56 Å². The Labute approximate surface area is 224 Å². The first kappa shape index (κ1) is 26.4. The number of para-hydroxylation sites is 1. The lowest BCUT2D eigenvalue weighted by atomic mass is 10.2. The van der Waals surface area contributed by atoms with Crippen LogP contribution in [0.15, 0.2) is 82.1 Å². The molecule has 4 rings (SSSR count). The summed E-state index contributed by atoms with van der Waals surface area (Å²) in [4.78, 5) is 35.9. The number of methoxy groups -OCH3 is 1. The smallest absolute Gasteiger partial charge is 0.322 e. The Balaban J connectivity index is 1.81. The number of carbonyl (C=O) groups excluding carboxylic acids is 1. The first-order valence-corrected chi connectivity index (χ1v) is 12.7. The number of amides is 2. The molecule has 1 atom stereocenters. The van der Waals surface area contributed by atoms with E-state index in [0.29, 0.717) is 46.9 Å². The van der Waals surface area contributed by atoms with Crippen molar-refractivity contribution in [1.82, 2.24) is 19.4 Å². The van der Waals surface area contributed by atoms with Crippen molar-refractivity contribution in [2.75, 3.05) is 39.6 Å². The van der Waals surface area contributed by atoms with Crippen LogP contribution in [0.25, 0.3) is 16.6 Å². The van der Waals surface area contributed by atoms with Gasteiger partial charge in [-0.05, 0) is 81.7 Å². The fraction of sp³-hybridized carbons (Fsp3) is 0.250. The second-order valence-corrected chi connectivity index (χ2v) is 9.85. The molecule has 0 radical (unpaired) electrons. The predicted molar refractivity (Wildman–Crippen MR) is 151 cm³/mol. The van der Waals surface area contributed by atoms with Crippen molar-refractivity contribution in [3.05, 3.63) is 93.4 Å². The number of aromatic nitrogens is 2. The summed E-state index contributed by atoms with van der Waals surface area (Å²) in [6, 6.07) is 21.1. The van der Waals surface area contributed by atoms with E-state index >= 15 is 0 Å². The maximum atomic E-state index is 13.8. The first-order chi connectivity index (χ1) is 17.8. The molecule has 3 aromatic carbocycles. The SMILES string of the molecule is COc1ccc(-n2c(C(C)N(CCN(C)C)C(=O)Nc3ccc(Br)cc3)nc3ccccc3c2=O)cc1. The van der Waals surface area contributed by atoms with Gasteiger partial charge in [0.2, 0.25) is 0 Å². The summed E-state index contributed by atoms with van der Waals surface area (Å²) in [7, 11) is 5.51. The molecule has 0 spiro atoms. The maximum Gasteiger partial charge on any atom is 0.322 e. The van der Waals surface area contributed by atoms with Crippen LogP contribution in [0.3, 0.4) is 0 Å². The van der Waals surface area contributed by atoms with Crippen molar-refractivity contribution in [3.8, 4) is 11.4 Å². The number of carbonyl (C=O) groups is 1. The summed E-state index contributed by atoms with van der Waals surface area (Å²) in [6.07, 6.45) is 0. The molecule has 1 unspecified atom stereocenters. The number of fused-ring (bicyclic) bond motifs is 1. The summed E-state index contributed by atoms with van der Waals surface area (Å²) in [5.41, 5.74) is 1.71. The number of hydrogen-bond acceptors (Lipinski definition) is 5. The molecule has 0 saturated carbocycles. The Bertz CT molecular complexity index is 1440. The highest BCUT2D eigenvalue weighted by Crippen LogP contribution is 2.25. The number of hydrogen-bond donors (Lipinski definition) is 1. The number of ether oxygens (including phenoxy) is 1. The number of likely N-dealkylation sites (N-methyl/N-ethyl adjacent to an activating group) is 1. The Morgan fingerprint density at radius 3 is 2.35 bits per heavy atom. The number of nitrogens with one attached hydrogen (secondary N) is 1. The van der Waals surface area contributed by atoms with Crippen molar-refractivity contribution < 1.29 is 9.53 Å². The van der Waals surface area contributed by atoms with Gasteiger partial charge >= 0.3 is 6.03 Å². The van der Waals surface area contributed by atoms with Crippen molar-refractivity contribution >= 4 is 38.6 Å². The molecule has 37 heavy (non-hydrogen) atoms. The molecule has 192 valence electrons. The topological polar surface area (TPSA) is 79.7 Å². The summed E-state index contributed by atoms with van der Waals surface area (Å²) in [6.45, 7) is 2.97. The minimum absolute atomic E-state index is 0.196. The number of halogens is 1. The van der Waals surface area contributed by atoms with Crippen LogP contribution in [0, 0.1) is 0 Å². The largest absolute Gasteiger partial charge is 0.497 e. The van der Waals surface area contributed by atoms with E-state index in [1.165, 1.54) is 0 Å². The van der Waals surface area contributed by atoms with Crippen molar-refractivity contribution in [3.63, 3.8) is 0 Å². The van der Waals surface area contributed by atoms with E-state index in [-0.39, 0.29) is 11.6 Å². The zero-order valence-corrected chi connectivity index (χ0v) is 22.9. The Kier molecular flexibility index (Phi) is 8.25. The first-order valence-electron chi connectivity index (χ1n) is 11.9. The van der Waals surface area contributed by atoms with Crippen LogP contribution in [0.1, 0.15) is 18.8 Å². The van der Waals surface area contributed by atoms with Crippen LogP contribution in [-0.2, 0) is 0 Å². The van der Waals surface area contributed by atoms with Gasteiger partial charge in [-0.2, -0.15) is 0 Å². The van der Waals surface area contributed by atoms with E-state index in [1.807, 2.05) is 80.5 Å². The normalized spacial score (nSPS) is 11.9. The number of rotatable bonds is 8. The number of benzene rings is 3. The van der Waals surface area contributed by atoms with Gasteiger partial charge in [-0.3, -0.25) is 9.36 Å². The molecule has 1 aromatic heterocycles. The second kappa shape index (κ2) is 11.6. The van der Waals surface area contributed by atoms with E-state index in [1.54, 1.807) is 34.8 Å². The lowest BCUT2D eigenvalue weighted by Crippen LogP contribution is -2.43. The minimum Gasteiger partial charge on any atom is -0.497 e. The molecule has 0 fully saturated rings. The minimum atomic E-state index is -0.519. The van der Waals surface area contributed by atoms with Gasteiger partial charge in [-0.15, -0.1) is 0 Å². The molecule has 8 nitrogen and oxygen atoms in total. The molecule has 1 heterocycles. The highest BCUT2D eigenvalue weighted by molar-refractivity contribution is 9.10. The molecule has 0 aliphatic heterocycles. The molecule has 0 bridgehead atoms. The fourth-order valence-corrected chi connectivity index (χ4v) is 4.32. The summed E-state index contributed by atoms with van der Waals surface area (Å²) >= 11 is 3.42. The highest BCUT2D eigenvalue weighted by atomic mass is 79.9.